The summed E-state index contributed by atoms with van der Waals surface area (Å²) in [4.78, 5) is 32.0. The summed E-state index contributed by atoms with van der Waals surface area (Å²) in [5.74, 6) is -2.00. The molecule has 0 aliphatic rings. The van der Waals surface area contributed by atoms with E-state index in [1.54, 1.807) is 0 Å². The number of alkyl halides is 1. The maximum absolute atomic E-state index is 11.7. The summed E-state index contributed by atoms with van der Waals surface area (Å²) in [5.41, 5.74) is -1.33. The standard InChI is InChI=1S/C10H8BrNO5/c1-5(11)9(13)6-3-2-4-7(12(16)17)8(6)10(14)15/h2-5H,1H3,(H,14,15). The highest BCUT2D eigenvalue weighted by atomic mass is 79.9. The molecule has 0 aliphatic heterocycles. The van der Waals surface area contributed by atoms with Crippen LogP contribution in [0.4, 0.5) is 5.69 Å². The highest BCUT2D eigenvalue weighted by Crippen LogP contribution is 2.24. The lowest BCUT2D eigenvalue weighted by molar-refractivity contribution is -0.385. The van der Waals surface area contributed by atoms with Crippen molar-refractivity contribution in [3.8, 4) is 0 Å². The molecule has 1 atom stereocenters. The van der Waals surface area contributed by atoms with Gasteiger partial charge in [0.05, 0.1) is 9.75 Å². The SMILES string of the molecule is CC(Br)C(=O)c1cccc([N+](=O)[O-])c1C(=O)O. The van der Waals surface area contributed by atoms with Crippen molar-refractivity contribution >= 4 is 33.4 Å². The van der Waals surface area contributed by atoms with Gasteiger partial charge in [-0.2, -0.15) is 0 Å². The van der Waals surface area contributed by atoms with Crippen LogP contribution in [0, 0.1) is 10.1 Å². The van der Waals surface area contributed by atoms with E-state index < -0.39 is 32.8 Å². The van der Waals surface area contributed by atoms with Gasteiger partial charge in [0.1, 0.15) is 5.56 Å². The quantitative estimate of drug-likeness (QED) is 0.398. The third-order valence-corrected chi connectivity index (χ3v) is 2.50. The van der Waals surface area contributed by atoms with Crippen LogP contribution < -0.4 is 0 Å². The monoisotopic (exact) mass is 301 g/mol. The second kappa shape index (κ2) is 5.05. The maximum atomic E-state index is 11.7. The first-order chi connectivity index (χ1) is 7.86. The van der Waals surface area contributed by atoms with Crippen molar-refractivity contribution in [2.45, 2.75) is 11.8 Å². The van der Waals surface area contributed by atoms with Crippen LogP contribution >= 0.6 is 15.9 Å². The number of halogens is 1. The largest absolute Gasteiger partial charge is 0.477 e. The first-order valence-corrected chi connectivity index (χ1v) is 5.46. The number of carboxylic acid groups (broad SMARTS) is 1. The Morgan fingerprint density at radius 3 is 2.47 bits per heavy atom. The van der Waals surface area contributed by atoms with Gasteiger partial charge in [-0.05, 0) is 13.0 Å². The molecule has 6 nitrogen and oxygen atoms in total. The van der Waals surface area contributed by atoms with Gasteiger partial charge in [-0.1, -0.05) is 22.0 Å². The molecule has 1 N–H and O–H groups in total. The summed E-state index contributed by atoms with van der Waals surface area (Å²) < 4.78 is 0. The predicted molar refractivity (Wildman–Crippen MR) is 62.8 cm³/mol. The molecule has 0 amide bonds. The summed E-state index contributed by atoms with van der Waals surface area (Å²) in [6.45, 7) is 1.52. The second-order valence-corrected chi connectivity index (χ2v) is 4.62. The van der Waals surface area contributed by atoms with Gasteiger partial charge in [-0.15, -0.1) is 0 Å². The predicted octanol–water partition coefficient (Wildman–Crippen LogP) is 2.26. The Labute approximate surface area is 105 Å². The Hall–Kier alpha value is -1.76. The minimum Gasteiger partial charge on any atom is -0.477 e. The zero-order valence-corrected chi connectivity index (χ0v) is 10.3. The van der Waals surface area contributed by atoms with E-state index in [9.17, 15) is 19.7 Å². The van der Waals surface area contributed by atoms with Crippen molar-refractivity contribution in [3.05, 3.63) is 39.4 Å². The molecule has 1 aromatic rings. The minimum atomic E-state index is -1.49. The fourth-order valence-corrected chi connectivity index (χ4v) is 1.58. The van der Waals surface area contributed by atoms with E-state index in [1.807, 2.05) is 0 Å². The maximum Gasteiger partial charge on any atom is 0.343 e. The summed E-state index contributed by atoms with van der Waals surface area (Å²) in [5, 5.41) is 19.6. The smallest absolute Gasteiger partial charge is 0.343 e. The number of nitrogens with zero attached hydrogens (tertiary/aromatic N) is 1. The molecule has 0 saturated heterocycles. The molecule has 0 radical (unpaired) electrons. The van der Waals surface area contributed by atoms with E-state index in [-0.39, 0.29) is 5.56 Å². The van der Waals surface area contributed by atoms with Gasteiger partial charge < -0.3 is 5.11 Å². The third kappa shape index (κ3) is 2.68. The molecule has 0 aromatic heterocycles. The number of nitro groups is 1. The van der Waals surface area contributed by atoms with Crippen LogP contribution in [0.25, 0.3) is 0 Å². The first kappa shape index (κ1) is 13.3. The molecule has 7 heteroatoms. The zero-order chi connectivity index (χ0) is 13.2. The summed E-state index contributed by atoms with van der Waals surface area (Å²) >= 11 is 3.01. The van der Waals surface area contributed by atoms with E-state index in [0.717, 1.165) is 6.07 Å². The first-order valence-electron chi connectivity index (χ1n) is 4.55. The highest BCUT2D eigenvalue weighted by Gasteiger charge is 2.28. The number of carbonyl (C=O) groups excluding carboxylic acids is 1. The number of rotatable bonds is 4. The van der Waals surface area contributed by atoms with Crippen LogP contribution in [0.3, 0.4) is 0 Å². The Bertz CT molecular complexity index is 497. The van der Waals surface area contributed by atoms with Gasteiger partial charge in [0, 0.05) is 11.6 Å². The molecule has 0 bridgehead atoms. The number of ketones is 1. The van der Waals surface area contributed by atoms with E-state index in [2.05, 4.69) is 15.9 Å². The summed E-state index contributed by atoms with van der Waals surface area (Å²) in [6.07, 6.45) is 0. The van der Waals surface area contributed by atoms with Crippen molar-refractivity contribution in [1.29, 1.82) is 0 Å². The van der Waals surface area contributed by atoms with Crippen LogP contribution in [0.2, 0.25) is 0 Å². The molecule has 0 saturated carbocycles. The van der Waals surface area contributed by atoms with Gasteiger partial charge in [-0.25, -0.2) is 4.79 Å². The van der Waals surface area contributed by atoms with Crippen LogP contribution in [0.5, 0.6) is 0 Å². The number of aromatic carboxylic acids is 1. The third-order valence-electron chi connectivity index (χ3n) is 2.08. The average molecular weight is 302 g/mol. The number of nitro benzene ring substituents is 1. The molecule has 0 fully saturated rings. The Morgan fingerprint density at radius 1 is 1.47 bits per heavy atom. The highest BCUT2D eigenvalue weighted by molar-refractivity contribution is 9.10. The summed E-state index contributed by atoms with van der Waals surface area (Å²) in [7, 11) is 0. The van der Waals surface area contributed by atoms with E-state index >= 15 is 0 Å². The Kier molecular flexibility index (Phi) is 3.95. The molecule has 0 heterocycles. The second-order valence-electron chi connectivity index (χ2n) is 3.24. The molecular weight excluding hydrogens is 294 g/mol. The molecule has 1 aromatic carbocycles. The van der Waals surface area contributed by atoms with Crippen molar-refractivity contribution in [2.75, 3.05) is 0 Å². The van der Waals surface area contributed by atoms with Crippen LogP contribution in [0.15, 0.2) is 18.2 Å². The van der Waals surface area contributed by atoms with Gasteiger partial charge in [0.25, 0.3) is 5.69 Å². The topological polar surface area (TPSA) is 97.5 Å². The minimum absolute atomic E-state index is 0.170. The molecule has 0 aliphatic carbocycles. The van der Waals surface area contributed by atoms with Crippen LogP contribution in [0.1, 0.15) is 27.6 Å². The molecule has 90 valence electrons. The molecule has 0 spiro atoms. The Balaban J connectivity index is 3.51. The van der Waals surface area contributed by atoms with Gasteiger partial charge >= 0.3 is 5.97 Å². The van der Waals surface area contributed by atoms with Gasteiger partial charge in [-0.3, -0.25) is 14.9 Å². The van der Waals surface area contributed by atoms with Crippen LogP contribution in [-0.2, 0) is 0 Å². The molecule has 1 unspecified atom stereocenters. The van der Waals surface area contributed by atoms with Crippen molar-refractivity contribution in [2.24, 2.45) is 0 Å². The average Bonchev–Trinajstić information content (AvgIpc) is 2.26. The van der Waals surface area contributed by atoms with Crippen molar-refractivity contribution in [3.63, 3.8) is 0 Å². The molecule has 1 rings (SSSR count). The summed E-state index contributed by atoms with van der Waals surface area (Å²) in [6, 6.07) is 3.60. The number of hydrogen-bond acceptors (Lipinski definition) is 4. The molecular formula is C10H8BrNO5. The lowest BCUT2D eigenvalue weighted by atomic mass is 10.0. The van der Waals surface area contributed by atoms with Crippen molar-refractivity contribution < 1.29 is 19.6 Å². The fourth-order valence-electron chi connectivity index (χ4n) is 1.34. The number of carbonyl (C=O) groups is 2. The number of carboxylic acids is 1. The van der Waals surface area contributed by atoms with E-state index in [1.165, 1.54) is 19.1 Å². The van der Waals surface area contributed by atoms with Gasteiger partial charge in [0.15, 0.2) is 5.78 Å². The zero-order valence-electron chi connectivity index (χ0n) is 8.71. The normalized spacial score (nSPS) is 11.9. The van der Waals surface area contributed by atoms with Crippen molar-refractivity contribution in [1.82, 2.24) is 0 Å². The van der Waals surface area contributed by atoms with Gasteiger partial charge in [0.2, 0.25) is 0 Å². The Morgan fingerprint density at radius 2 is 2.06 bits per heavy atom. The van der Waals surface area contributed by atoms with E-state index in [0.29, 0.717) is 0 Å². The number of hydrogen-bond donors (Lipinski definition) is 1. The number of Topliss-reactive ketones (excluding diaryl/α,β-unsaturated/α-hetero) is 1. The van der Waals surface area contributed by atoms with Crippen LogP contribution in [-0.4, -0.2) is 26.6 Å². The number of benzene rings is 1. The lowest BCUT2D eigenvalue weighted by Crippen LogP contribution is -2.16. The fraction of sp³-hybridized carbons (Fsp3) is 0.200. The molecule has 17 heavy (non-hydrogen) atoms. The van der Waals surface area contributed by atoms with E-state index in [4.69, 9.17) is 5.11 Å². The lowest BCUT2D eigenvalue weighted by Gasteiger charge is -2.06.